The van der Waals surface area contributed by atoms with Gasteiger partial charge in [-0.25, -0.2) is 59.8 Å². The normalized spacial score (nSPS) is 11.9. The lowest BCUT2D eigenvalue weighted by Gasteiger charge is -2.14. The molecule has 0 saturated heterocycles. The minimum atomic E-state index is -4.95. The molecule has 8 aromatic heterocycles. The second-order valence-electron chi connectivity index (χ2n) is 23.5. The van der Waals surface area contributed by atoms with E-state index in [0.29, 0.717) is 90.6 Å². The highest BCUT2D eigenvalue weighted by Gasteiger charge is 2.39. The minimum absolute atomic E-state index is 0.0532. The van der Waals surface area contributed by atoms with Crippen LogP contribution in [0.1, 0.15) is 75.7 Å². The summed E-state index contributed by atoms with van der Waals surface area (Å²) in [6.07, 6.45) is -18.2. The Labute approximate surface area is 668 Å². The highest BCUT2D eigenvalue weighted by atomic mass is 79.9. The van der Waals surface area contributed by atoms with Crippen molar-refractivity contribution in [2.75, 3.05) is 48.7 Å². The molecule has 0 saturated carbocycles. The molecule has 600 valence electrons. The lowest BCUT2D eigenvalue weighted by atomic mass is 10.1. The molecule has 4 N–H and O–H groups in total. The van der Waals surface area contributed by atoms with Crippen molar-refractivity contribution in [2.45, 2.75) is 77.6 Å². The lowest BCUT2D eigenvalue weighted by Crippen LogP contribution is -2.12. The summed E-state index contributed by atoms with van der Waals surface area (Å²) in [6.45, 7) is 15.9. The molecule has 0 spiro atoms. The number of halogens is 20. The number of thiazole rings is 4. The SMILES string of the molecule is C=Cc1sc(-c2ccnc(Nc3cc(Br)cc(C(F)(F)F)c3)n2)nc1C.C=Cc1sc(-c2ccnc(Nc3cc(C(F)(F)F)cc(C(F)(F)F)c3)n2)nc1C.COCCc1sc(-c2ccnc(Nc3cc(Br)cc(C(F)(F)F)c3)n2)nc1C.COCCc1sc(-c2ccnc(Nc3cc(C(F)(F)F)cc(C(F)(F)F)c3)n2)nc1C. The van der Waals surface area contributed by atoms with Gasteiger partial charge in [-0.2, -0.15) is 79.0 Å². The quantitative estimate of drug-likeness (QED) is 0.0521. The first-order valence-corrected chi connectivity index (χ1v) is 37.2. The monoisotopic (exact) mass is 1800 g/mol. The number of hydrogen-bond acceptors (Lipinski definition) is 22. The van der Waals surface area contributed by atoms with Crippen molar-refractivity contribution in [2.24, 2.45) is 0 Å². The number of aromatic nitrogens is 12. The Morgan fingerprint density at radius 3 is 0.816 bits per heavy atom. The number of nitrogens with zero attached hydrogens (tertiary/aromatic N) is 12. The Kier molecular flexibility index (Phi) is 28.6. The molecule has 8 heterocycles. The van der Waals surface area contributed by atoms with E-state index < -0.39 is 81.8 Å². The van der Waals surface area contributed by atoms with E-state index in [2.05, 4.69) is 126 Å². The second-order valence-corrected chi connectivity index (χ2v) is 29.6. The molecule has 12 rings (SSSR count). The predicted octanol–water partition coefficient (Wildman–Crippen LogP) is 23.9. The number of anilines is 8. The average Bonchev–Trinajstić information content (AvgIpc) is 1.32. The van der Waals surface area contributed by atoms with Crippen molar-refractivity contribution in [3.63, 3.8) is 0 Å². The zero-order valence-corrected chi connectivity index (χ0v) is 65.8. The Bertz CT molecular complexity index is 5310. The number of rotatable bonds is 20. The van der Waals surface area contributed by atoms with Crippen molar-refractivity contribution in [3.8, 4) is 42.8 Å². The molecule has 42 heteroatoms. The van der Waals surface area contributed by atoms with Gasteiger partial charge < -0.3 is 30.7 Å². The van der Waals surface area contributed by atoms with Gasteiger partial charge in [0, 0.05) is 103 Å². The highest BCUT2D eigenvalue weighted by Crippen LogP contribution is 2.43. The first kappa shape index (κ1) is 88.0. The first-order valence-electron chi connectivity index (χ1n) is 32.3. The van der Waals surface area contributed by atoms with Crippen LogP contribution < -0.4 is 21.3 Å². The molecule has 0 fully saturated rings. The number of nitrogens with one attached hydrogen (secondary N) is 4. The van der Waals surface area contributed by atoms with Crippen molar-refractivity contribution in [1.82, 2.24) is 59.8 Å². The third-order valence-corrected chi connectivity index (χ3v) is 20.8. The van der Waals surface area contributed by atoms with Crippen molar-refractivity contribution >= 4 is 136 Å². The van der Waals surface area contributed by atoms with Gasteiger partial charge in [-0.3, -0.25) is 0 Å². The second kappa shape index (κ2) is 37.1. The van der Waals surface area contributed by atoms with E-state index in [1.165, 1.54) is 82.1 Å². The van der Waals surface area contributed by atoms with Crippen LogP contribution in [-0.2, 0) is 59.4 Å². The van der Waals surface area contributed by atoms with Gasteiger partial charge in [0.2, 0.25) is 23.8 Å². The zero-order chi connectivity index (χ0) is 83.4. The third kappa shape index (κ3) is 24.5. The molecule has 0 unspecified atom stereocenters. The topological polar surface area (TPSA) is 221 Å². The Morgan fingerprint density at radius 2 is 0.579 bits per heavy atom. The first-order chi connectivity index (χ1) is 53.5. The maximum Gasteiger partial charge on any atom is 0.416 e. The molecule has 0 atom stereocenters. The number of aryl methyl sites for hydroxylation is 4. The van der Waals surface area contributed by atoms with E-state index >= 15 is 0 Å². The smallest absolute Gasteiger partial charge is 0.384 e. The molecule has 0 radical (unpaired) electrons. The van der Waals surface area contributed by atoms with Crippen LogP contribution >= 0.6 is 77.2 Å². The van der Waals surface area contributed by atoms with Crippen LogP contribution in [0.2, 0.25) is 0 Å². The van der Waals surface area contributed by atoms with Crippen molar-refractivity contribution < 1.29 is 88.5 Å². The van der Waals surface area contributed by atoms with Gasteiger partial charge in [0.25, 0.3) is 0 Å². The van der Waals surface area contributed by atoms with E-state index in [9.17, 15) is 79.0 Å². The fourth-order valence-corrected chi connectivity index (χ4v) is 14.5. The largest absolute Gasteiger partial charge is 0.416 e. The molecule has 114 heavy (non-hydrogen) atoms. The van der Waals surface area contributed by atoms with Crippen molar-refractivity contribution in [3.05, 3.63) is 220 Å². The van der Waals surface area contributed by atoms with Crippen LogP contribution in [-0.4, -0.2) is 87.2 Å². The van der Waals surface area contributed by atoms with Crippen LogP contribution in [0.3, 0.4) is 0 Å². The molecule has 0 aliphatic carbocycles. The van der Waals surface area contributed by atoms with E-state index in [1.807, 2.05) is 20.8 Å². The van der Waals surface area contributed by atoms with E-state index in [-0.39, 0.29) is 47.3 Å². The van der Waals surface area contributed by atoms with Gasteiger partial charge in [0.05, 0.1) is 69.4 Å². The summed E-state index contributed by atoms with van der Waals surface area (Å²) in [5.74, 6) is 0.0518. The molecule has 0 aliphatic heterocycles. The highest BCUT2D eigenvalue weighted by molar-refractivity contribution is 9.10. The summed E-state index contributed by atoms with van der Waals surface area (Å²) >= 11 is 11.8. The Hall–Kier alpha value is -9.98. The lowest BCUT2D eigenvalue weighted by molar-refractivity contribution is -0.144. The predicted molar refractivity (Wildman–Crippen MR) is 407 cm³/mol. The molecule has 0 bridgehead atoms. The van der Waals surface area contributed by atoms with E-state index in [0.717, 1.165) is 78.0 Å². The van der Waals surface area contributed by atoms with Gasteiger partial charge in [-0.1, -0.05) is 57.2 Å². The van der Waals surface area contributed by atoms with Crippen molar-refractivity contribution in [1.29, 1.82) is 0 Å². The number of alkyl halides is 18. The summed E-state index contributed by atoms with van der Waals surface area (Å²) < 4.78 is 245. The van der Waals surface area contributed by atoms with Gasteiger partial charge >= 0.3 is 37.1 Å². The summed E-state index contributed by atoms with van der Waals surface area (Å²) in [4.78, 5) is 54.6. The minimum Gasteiger partial charge on any atom is -0.384 e. The average molecular weight is 1810 g/mol. The number of benzene rings is 4. The fourth-order valence-electron chi connectivity index (χ4n) is 9.72. The molecule has 18 nitrogen and oxygen atoms in total. The van der Waals surface area contributed by atoms with Gasteiger partial charge in [-0.15, -0.1) is 45.3 Å². The van der Waals surface area contributed by atoms with Gasteiger partial charge in [0.1, 0.15) is 42.8 Å². The van der Waals surface area contributed by atoms with Gasteiger partial charge in [0.15, 0.2) is 0 Å². The fraction of sp³-hybridized carbons (Fsp3) is 0.222. The number of ether oxygens (including phenoxy) is 2. The molecule has 4 aromatic carbocycles. The number of hydrogen-bond donors (Lipinski definition) is 4. The third-order valence-electron chi connectivity index (χ3n) is 15.0. The Balaban J connectivity index is 0.000000174. The summed E-state index contributed by atoms with van der Waals surface area (Å²) in [5, 5.41) is 12.9. The van der Waals surface area contributed by atoms with Crippen LogP contribution in [0.4, 0.5) is 126 Å². The van der Waals surface area contributed by atoms with E-state index in [4.69, 9.17) is 9.47 Å². The maximum atomic E-state index is 13.0. The summed E-state index contributed by atoms with van der Waals surface area (Å²) in [5.41, 5.74) is -2.48. The molecule has 0 amide bonds. The van der Waals surface area contributed by atoms with Crippen LogP contribution in [0.5, 0.6) is 0 Å². The summed E-state index contributed by atoms with van der Waals surface area (Å²) in [7, 11) is 3.23. The van der Waals surface area contributed by atoms with Crippen LogP contribution in [0, 0.1) is 27.7 Å². The van der Waals surface area contributed by atoms with E-state index in [1.54, 1.807) is 57.7 Å². The molecule has 0 aliphatic rings. The van der Waals surface area contributed by atoms with Gasteiger partial charge in [-0.05, 0) is 125 Å². The Morgan fingerprint density at radius 1 is 0.342 bits per heavy atom. The van der Waals surface area contributed by atoms with Crippen LogP contribution in [0.15, 0.2) is 144 Å². The number of methoxy groups -OCH3 is 2. The summed E-state index contributed by atoms with van der Waals surface area (Å²) in [6, 6.07) is 16.0. The molecular formula is C72H56Br2F18N16O2S4. The maximum absolute atomic E-state index is 13.0. The molecular weight excluding hydrogens is 1750 g/mol. The van der Waals surface area contributed by atoms with Crippen LogP contribution in [0.25, 0.3) is 55.0 Å². The zero-order valence-electron chi connectivity index (χ0n) is 59.3. The standard InChI is InChI=1S/C19H16F6N4OS.C18H16BrF3N4OS.C18H12F6N4S.C17H12BrF3N4S/c1-10-15(4-6-30-2)31-16(27-10)14-3-5-26-17(29-14)28-13-8-11(18(20,21)22)7-12(9-13)19(23,24)25;1-10-15(4-6-27-2)28-16(24-10)14-3-5-23-17(26-14)25-13-8-11(18(20,21)22)7-12(19)9-13;1-3-14-9(2)26-15(29-14)13-4-5-25-16(28-13)27-12-7-10(17(19,20)21)6-11(8-12)18(22,23)24;1-3-14-9(2)23-15(26-14)13-4-5-22-16(25-13)24-12-7-10(17(19,20)21)6-11(18)8-12/h3,5,7-9H,4,6H2,1-2H3,(H,26,28,29);3,5,7-9H,4,6H2,1-2H3,(H,23,25,26);3-8H,1H2,2H3,(H,25,27,28);3-8H,1H2,2H3,(H,22,24,25). The molecule has 12 aromatic rings.